The van der Waals surface area contributed by atoms with Gasteiger partial charge in [-0.25, -0.2) is 9.97 Å². The summed E-state index contributed by atoms with van der Waals surface area (Å²) in [7, 11) is 0. The summed E-state index contributed by atoms with van der Waals surface area (Å²) in [6.45, 7) is 4.08. The molecule has 1 aromatic heterocycles. The molecule has 3 N–H and O–H groups in total. The Morgan fingerprint density at radius 2 is 2.11 bits per heavy atom. The lowest BCUT2D eigenvalue weighted by atomic mass is 10.2. The molecule has 0 amide bonds. The van der Waals surface area contributed by atoms with E-state index in [9.17, 15) is 0 Å². The maximum atomic E-state index is 5.84. The summed E-state index contributed by atoms with van der Waals surface area (Å²) in [5.74, 6) is 1.29. The van der Waals surface area contributed by atoms with E-state index in [-0.39, 0.29) is 0 Å². The van der Waals surface area contributed by atoms with E-state index in [1.807, 2.05) is 32.0 Å². The van der Waals surface area contributed by atoms with Gasteiger partial charge >= 0.3 is 0 Å². The van der Waals surface area contributed by atoms with Crippen LogP contribution in [0.3, 0.4) is 0 Å². The lowest BCUT2D eigenvalue weighted by Crippen LogP contribution is -2.04. The zero-order valence-electron chi connectivity index (χ0n) is 10.4. The second-order valence-electron chi connectivity index (χ2n) is 4.03. The number of rotatable bonds is 3. The molecule has 0 saturated carbocycles. The molecule has 0 saturated heterocycles. The smallest absolute Gasteiger partial charge is 0.139 e. The van der Waals surface area contributed by atoms with Gasteiger partial charge < -0.3 is 11.1 Å². The molecule has 0 atom stereocenters. The molecule has 0 bridgehead atoms. The summed E-state index contributed by atoms with van der Waals surface area (Å²) in [6, 6.07) is 6.08. The molecule has 0 unspecified atom stereocenters. The molecular formula is C13H15BrN4. The number of hydrogen-bond acceptors (Lipinski definition) is 4. The van der Waals surface area contributed by atoms with Crippen LogP contribution >= 0.6 is 15.9 Å². The minimum absolute atomic E-state index is 0.529. The number of aryl methyl sites for hydroxylation is 1. The Labute approximate surface area is 115 Å². The molecule has 2 rings (SSSR count). The van der Waals surface area contributed by atoms with Gasteiger partial charge in [-0.15, -0.1) is 0 Å². The maximum Gasteiger partial charge on any atom is 0.139 e. The van der Waals surface area contributed by atoms with Crippen molar-refractivity contribution >= 4 is 33.3 Å². The Balaban J connectivity index is 2.34. The van der Waals surface area contributed by atoms with Crippen molar-refractivity contribution in [3.05, 3.63) is 40.1 Å². The van der Waals surface area contributed by atoms with Gasteiger partial charge in [0.15, 0.2) is 0 Å². The van der Waals surface area contributed by atoms with Crippen LogP contribution in [0, 0.1) is 6.92 Å². The third-order valence-corrected chi connectivity index (χ3v) is 3.62. The van der Waals surface area contributed by atoms with Gasteiger partial charge in [0.2, 0.25) is 0 Å². The van der Waals surface area contributed by atoms with Crippen LogP contribution in [0.4, 0.5) is 17.3 Å². The molecule has 1 heterocycles. The van der Waals surface area contributed by atoms with Crippen LogP contribution < -0.4 is 11.1 Å². The first-order chi connectivity index (χ1) is 8.61. The van der Waals surface area contributed by atoms with E-state index in [0.29, 0.717) is 5.82 Å². The summed E-state index contributed by atoms with van der Waals surface area (Å²) in [4.78, 5) is 8.24. The molecule has 0 aliphatic heterocycles. The highest BCUT2D eigenvalue weighted by atomic mass is 79.9. The van der Waals surface area contributed by atoms with Crippen molar-refractivity contribution in [3.8, 4) is 0 Å². The minimum Gasteiger partial charge on any atom is -0.383 e. The van der Waals surface area contributed by atoms with Crippen LogP contribution in [0.1, 0.15) is 18.1 Å². The summed E-state index contributed by atoms with van der Waals surface area (Å²) >= 11 is 3.51. The fraction of sp³-hybridized carbons (Fsp3) is 0.231. The first-order valence-electron chi connectivity index (χ1n) is 5.74. The zero-order valence-corrected chi connectivity index (χ0v) is 12.0. The van der Waals surface area contributed by atoms with Crippen molar-refractivity contribution in [1.82, 2.24) is 9.97 Å². The Morgan fingerprint density at radius 3 is 2.78 bits per heavy atom. The van der Waals surface area contributed by atoms with E-state index in [2.05, 4.69) is 31.2 Å². The predicted octanol–water partition coefficient (Wildman–Crippen LogP) is 3.44. The largest absolute Gasteiger partial charge is 0.383 e. The molecule has 94 valence electrons. The Hall–Kier alpha value is -1.62. The van der Waals surface area contributed by atoms with Crippen LogP contribution in [0.5, 0.6) is 0 Å². The number of anilines is 3. The molecule has 5 heteroatoms. The van der Waals surface area contributed by atoms with Crippen LogP contribution in [0.25, 0.3) is 0 Å². The minimum atomic E-state index is 0.529. The molecule has 0 radical (unpaired) electrons. The Kier molecular flexibility index (Phi) is 3.81. The number of aromatic nitrogens is 2. The molecule has 1 aromatic carbocycles. The van der Waals surface area contributed by atoms with Crippen molar-refractivity contribution in [2.45, 2.75) is 20.3 Å². The molecule has 0 aliphatic carbocycles. The third kappa shape index (κ3) is 2.61. The van der Waals surface area contributed by atoms with Crippen molar-refractivity contribution in [2.24, 2.45) is 0 Å². The van der Waals surface area contributed by atoms with Crippen molar-refractivity contribution in [2.75, 3.05) is 11.1 Å². The molecular weight excluding hydrogens is 292 g/mol. The van der Waals surface area contributed by atoms with Gasteiger partial charge in [-0.05, 0) is 31.0 Å². The van der Waals surface area contributed by atoms with Crippen LogP contribution in [-0.2, 0) is 6.42 Å². The number of nitrogens with two attached hydrogens (primary N) is 1. The quantitative estimate of drug-likeness (QED) is 0.912. The lowest BCUT2D eigenvalue weighted by Gasteiger charge is -2.11. The lowest BCUT2D eigenvalue weighted by molar-refractivity contribution is 1.06. The van der Waals surface area contributed by atoms with Gasteiger partial charge in [-0.3, -0.25) is 0 Å². The first-order valence-corrected chi connectivity index (χ1v) is 6.53. The maximum absolute atomic E-state index is 5.84. The van der Waals surface area contributed by atoms with Gasteiger partial charge in [-0.2, -0.15) is 0 Å². The number of hydrogen-bond donors (Lipinski definition) is 2. The van der Waals surface area contributed by atoms with Gasteiger partial charge in [-0.1, -0.05) is 28.9 Å². The van der Waals surface area contributed by atoms with Gasteiger partial charge in [0, 0.05) is 15.7 Å². The average Bonchev–Trinajstić information content (AvgIpc) is 2.34. The zero-order chi connectivity index (χ0) is 13.1. The van der Waals surface area contributed by atoms with Crippen molar-refractivity contribution in [3.63, 3.8) is 0 Å². The summed E-state index contributed by atoms with van der Waals surface area (Å²) in [5.41, 5.74) is 8.94. The van der Waals surface area contributed by atoms with E-state index in [4.69, 9.17) is 5.73 Å². The SMILES string of the molecule is CCc1c(N)ncnc1Nc1ccc(C)c(Br)c1. The normalized spacial score (nSPS) is 10.4. The van der Waals surface area contributed by atoms with Gasteiger partial charge in [0.25, 0.3) is 0 Å². The molecule has 0 spiro atoms. The highest BCUT2D eigenvalue weighted by molar-refractivity contribution is 9.10. The Morgan fingerprint density at radius 1 is 1.33 bits per heavy atom. The summed E-state index contributed by atoms with van der Waals surface area (Å²) in [5, 5.41) is 3.27. The molecule has 2 aromatic rings. The van der Waals surface area contributed by atoms with E-state index in [1.54, 1.807) is 0 Å². The summed E-state index contributed by atoms with van der Waals surface area (Å²) < 4.78 is 1.06. The standard InChI is InChI=1S/C13H15BrN4/c1-3-10-12(15)16-7-17-13(10)18-9-5-4-8(2)11(14)6-9/h4-7H,3H2,1-2H3,(H3,15,16,17,18). The highest BCUT2D eigenvalue weighted by Gasteiger charge is 2.07. The Bertz CT molecular complexity index is 569. The number of benzene rings is 1. The molecule has 4 nitrogen and oxygen atoms in total. The summed E-state index contributed by atoms with van der Waals surface area (Å²) in [6.07, 6.45) is 2.27. The second kappa shape index (κ2) is 5.35. The van der Waals surface area contributed by atoms with E-state index < -0.39 is 0 Å². The predicted molar refractivity (Wildman–Crippen MR) is 78.0 cm³/mol. The number of nitrogens with zero attached hydrogens (tertiary/aromatic N) is 2. The van der Waals surface area contributed by atoms with Crippen LogP contribution in [0.2, 0.25) is 0 Å². The fourth-order valence-corrected chi connectivity index (χ4v) is 2.07. The highest BCUT2D eigenvalue weighted by Crippen LogP contribution is 2.25. The van der Waals surface area contributed by atoms with Gasteiger partial charge in [0.05, 0.1) is 0 Å². The van der Waals surface area contributed by atoms with E-state index >= 15 is 0 Å². The monoisotopic (exact) mass is 306 g/mol. The second-order valence-corrected chi connectivity index (χ2v) is 4.88. The van der Waals surface area contributed by atoms with Crippen molar-refractivity contribution in [1.29, 1.82) is 0 Å². The molecule has 18 heavy (non-hydrogen) atoms. The fourth-order valence-electron chi connectivity index (χ4n) is 1.69. The van der Waals surface area contributed by atoms with Crippen molar-refractivity contribution < 1.29 is 0 Å². The van der Waals surface area contributed by atoms with Gasteiger partial charge in [0.1, 0.15) is 18.0 Å². The molecule has 0 fully saturated rings. The topological polar surface area (TPSA) is 63.8 Å². The number of halogens is 1. The van der Waals surface area contributed by atoms with Crippen LogP contribution in [0.15, 0.2) is 29.0 Å². The van der Waals surface area contributed by atoms with E-state index in [0.717, 1.165) is 28.0 Å². The average molecular weight is 307 g/mol. The first kappa shape index (κ1) is 12.8. The number of nitrogen functional groups attached to an aromatic ring is 1. The van der Waals surface area contributed by atoms with Crippen LogP contribution in [-0.4, -0.2) is 9.97 Å². The van der Waals surface area contributed by atoms with E-state index in [1.165, 1.54) is 11.9 Å². The third-order valence-electron chi connectivity index (χ3n) is 2.77. The number of nitrogens with one attached hydrogen (secondary N) is 1. The molecule has 0 aliphatic rings.